The van der Waals surface area contributed by atoms with Gasteiger partial charge in [-0.15, -0.1) is 0 Å². The summed E-state index contributed by atoms with van der Waals surface area (Å²) < 4.78 is 5.74. The maximum atomic E-state index is 12.9. The van der Waals surface area contributed by atoms with Crippen LogP contribution in [0.5, 0.6) is 0 Å². The van der Waals surface area contributed by atoms with Crippen LogP contribution in [0.15, 0.2) is 59.1 Å². The lowest BCUT2D eigenvalue weighted by atomic mass is 10.1. The monoisotopic (exact) mass is 477 g/mol. The summed E-state index contributed by atoms with van der Waals surface area (Å²) >= 11 is 6.35. The molecule has 0 spiro atoms. The fraction of sp³-hybridized carbons (Fsp3) is 0.208. The van der Waals surface area contributed by atoms with Crippen LogP contribution in [0.2, 0.25) is 5.02 Å². The number of oxazole rings is 1. The normalized spacial score (nSPS) is 13.7. The van der Waals surface area contributed by atoms with Crippen LogP contribution in [0, 0.1) is 10.1 Å². The third kappa shape index (κ3) is 4.29. The summed E-state index contributed by atoms with van der Waals surface area (Å²) in [6, 6.07) is 13.0. The molecule has 0 bridgehead atoms. The molecule has 2 aromatic carbocycles. The second-order valence-electron chi connectivity index (χ2n) is 8.00. The zero-order valence-corrected chi connectivity index (χ0v) is 18.8. The lowest BCUT2D eigenvalue weighted by Crippen LogP contribution is -2.30. The number of nitro groups is 1. The van der Waals surface area contributed by atoms with Crippen LogP contribution in [-0.2, 0) is 0 Å². The van der Waals surface area contributed by atoms with E-state index in [0.29, 0.717) is 33.2 Å². The average molecular weight is 478 g/mol. The lowest BCUT2D eigenvalue weighted by Gasteiger charge is -2.28. The minimum Gasteiger partial charge on any atom is -0.434 e. The van der Waals surface area contributed by atoms with Crippen LogP contribution >= 0.6 is 11.6 Å². The predicted octanol–water partition coefficient (Wildman–Crippen LogP) is 5.69. The van der Waals surface area contributed by atoms with Gasteiger partial charge >= 0.3 is 0 Å². The Labute approximate surface area is 199 Å². The maximum Gasteiger partial charge on any atom is 0.293 e. The lowest BCUT2D eigenvalue weighted by molar-refractivity contribution is -0.384. The summed E-state index contributed by atoms with van der Waals surface area (Å²) in [5.41, 5.74) is 2.56. The number of rotatable bonds is 5. The van der Waals surface area contributed by atoms with E-state index in [2.05, 4.69) is 15.3 Å². The number of anilines is 2. The Morgan fingerprint density at radius 3 is 2.71 bits per heavy atom. The van der Waals surface area contributed by atoms with Crippen LogP contribution in [-0.4, -0.2) is 33.9 Å². The summed E-state index contributed by atoms with van der Waals surface area (Å²) in [5.74, 6) is -0.197. The number of benzene rings is 2. The van der Waals surface area contributed by atoms with E-state index in [-0.39, 0.29) is 17.1 Å². The molecule has 0 unspecified atom stereocenters. The Hall–Kier alpha value is -3.98. The van der Waals surface area contributed by atoms with Gasteiger partial charge in [0.25, 0.3) is 11.6 Å². The maximum absolute atomic E-state index is 12.9. The van der Waals surface area contributed by atoms with Crippen LogP contribution < -0.4 is 10.2 Å². The van der Waals surface area contributed by atoms with Crippen molar-refractivity contribution in [1.29, 1.82) is 0 Å². The Morgan fingerprint density at radius 2 is 1.94 bits per heavy atom. The SMILES string of the molecule is O=C(Nc1ccc(Cl)c(-c2nc3ncccc3o2)c1)c1ccc(N2CCCCC2)c([N+](=O)[O-])c1. The average Bonchev–Trinajstić information content (AvgIpc) is 3.29. The number of piperidine rings is 1. The molecule has 1 amide bonds. The molecule has 0 radical (unpaired) electrons. The zero-order chi connectivity index (χ0) is 23.7. The molecule has 4 aromatic rings. The second-order valence-corrected chi connectivity index (χ2v) is 8.41. The van der Waals surface area contributed by atoms with Crippen molar-refractivity contribution in [3.63, 3.8) is 0 Å². The fourth-order valence-electron chi connectivity index (χ4n) is 4.07. The highest BCUT2D eigenvalue weighted by atomic mass is 35.5. The number of hydrogen-bond donors (Lipinski definition) is 1. The first-order chi connectivity index (χ1) is 16.5. The first-order valence-corrected chi connectivity index (χ1v) is 11.2. The first-order valence-electron chi connectivity index (χ1n) is 10.9. The standard InChI is InChI=1S/C24H20ClN5O4/c25-18-8-7-16(14-17(18)24-28-22-21(34-24)5-4-10-26-22)27-23(31)15-6-9-19(20(13-15)30(32)33)29-11-2-1-3-12-29/h4-10,13-14H,1-3,11-12H2,(H,27,31). The summed E-state index contributed by atoms with van der Waals surface area (Å²) in [7, 11) is 0. The number of pyridine rings is 1. The van der Waals surface area contributed by atoms with Crippen LogP contribution in [0.4, 0.5) is 17.1 Å². The second kappa shape index (κ2) is 9.11. The number of hydrogen-bond acceptors (Lipinski definition) is 7. The van der Waals surface area contributed by atoms with E-state index in [1.54, 1.807) is 48.7 Å². The highest BCUT2D eigenvalue weighted by Gasteiger charge is 2.23. The Morgan fingerprint density at radius 1 is 1.12 bits per heavy atom. The molecule has 172 valence electrons. The number of nitrogens with zero attached hydrogens (tertiary/aromatic N) is 4. The largest absolute Gasteiger partial charge is 0.434 e. The molecule has 0 atom stereocenters. The van der Waals surface area contributed by atoms with Gasteiger partial charge in [0.05, 0.1) is 15.5 Å². The molecule has 1 aliphatic rings. The molecule has 0 aliphatic carbocycles. The number of carbonyl (C=O) groups is 1. The third-order valence-corrected chi connectivity index (χ3v) is 6.08. The van der Waals surface area contributed by atoms with Gasteiger partial charge in [0.2, 0.25) is 5.89 Å². The predicted molar refractivity (Wildman–Crippen MR) is 129 cm³/mol. The third-order valence-electron chi connectivity index (χ3n) is 5.75. The van der Waals surface area contributed by atoms with Crippen LogP contribution in [0.25, 0.3) is 22.7 Å². The van der Waals surface area contributed by atoms with Gasteiger partial charge in [0.15, 0.2) is 11.2 Å². The molecule has 34 heavy (non-hydrogen) atoms. The molecule has 5 rings (SSSR count). The van der Waals surface area contributed by atoms with Gasteiger partial charge in [-0.1, -0.05) is 11.6 Å². The van der Waals surface area contributed by atoms with E-state index in [0.717, 1.165) is 32.4 Å². The minimum atomic E-state index is -0.471. The van der Waals surface area contributed by atoms with Gasteiger partial charge < -0.3 is 14.6 Å². The first kappa shape index (κ1) is 21.8. The molecule has 1 N–H and O–H groups in total. The Balaban J connectivity index is 1.41. The molecular formula is C24H20ClN5O4. The number of aromatic nitrogens is 2. The van der Waals surface area contributed by atoms with E-state index < -0.39 is 10.8 Å². The van der Waals surface area contributed by atoms with Crippen molar-refractivity contribution < 1.29 is 14.1 Å². The molecule has 1 saturated heterocycles. The topological polar surface area (TPSA) is 114 Å². The highest BCUT2D eigenvalue weighted by Crippen LogP contribution is 2.33. The van der Waals surface area contributed by atoms with E-state index >= 15 is 0 Å². The molecule has 1 aliphatic heterocycles. The van der Waals surface area contributed by atoms with Gasteiger partial charge in [-0.05, 0) is 61.7 Å². The molecule has 2 aromatic heterocycles. The van der Waals surface area contributed by atoms with Crippen molar-refractivity contribution in [3.8, 4) is 11.5 Å². The van der Waals surface area contributed by atoms with Crippen molar-refractivity contribution in [1.82, 2.24) is 9.97 Å². The van der Waals surface area contributed by atoms with Gasteiger partial charge in [0.1, 0.15) is 5.69 Å². The number of carbonyl (C=O) groups excluding carboxylic acids is 1. The molecule has 9 nitrogen and oxygen atoms in total. The van der Waals surface area contributed by atoms with E-state index in [9.17, 15) is 14.9 Å². The number of nitro benzene ring substituents is 1. The summed E-state index contributed by atoms with van der Waals surface area (Å²) in [5, 5.41) is 14.9. The van der Waals surface area contributed by atoms with Crippen LogP contribution in [0.3, 0.4) is 0 Å². The van der Waals surface area contributed by atoms with E-state index in [4.69, 9.17) is 16.0 Å². The number of halogens is 1. The molecular weight excluding hydrogens is 458 g/mol. The molecule has 10 heteroatoms. The molecule has 1 fully saturated rings. The Bertz CT molecular complexity index is 1360. The van der Waals surface area contributed by atoms with Gasteiger partial charge in [-0.3, -0.25) is 14.9 Å². The van der Waals surface area contributed by atoms with Crippen molar-refractivity contribution >= 4 is 45.8 Å². The van der Waals surface area contributed by atoms with E-state index in [1.807, 2.05) is 4.90 Å². The van der Waals surface area contributed by atoms with Crippen LogP contribution in [0.1, 0.15) is 29.6 Å². The smallest absolute Gasteiger partial charge is 0.293 e. The minimum absolute atomic E-state index is 0.0784. The fourth-order valence-corrected chi connectivity index (χ4v) is 4.27. The molecule has 0 saturated carbocycles. The highest BCUT2D eigenvalue weighted by molar-refractivity contribution is 6.33. The van der Waals surface area contributed by atoms with Gasteiger partial charge in [-0.2, -0.15) is 4.98 Å². The van der Waals surface area contributed by atoms with Crippen molar-refractivity contribution in [3.05, 3.63) is 75.4 Å². The van der Waals surface area contributed by atoms with Crippen molar-refractivity contribution in [2.75, 3.05) is 23.3 Å². The quantitative estimate of drug-likeness (QED) is 0.290. The zero-order valence-electron chi connectivity index (χ0n) is 18.0. The van der Waals surface area contributed by atoms with Gasteiger partial charge in [0, 0.05) is 36.6 Å². The number of fused-ring (bicyclic) bond motifs is 1. The molecule has 3 heterocycles. The summed E-state index contributed by atoms with van der Waals surface area (Å²) in [6.45, 7) is 1.54. The van der Waals surface area contributed by atoms with E-state index in [1.165, 1.54) is 6.07 Å². The number of amides is 1. The number of nitrogens with one attached hydrogen (secondary N) is 1. The Kier molecular flexibility index (Phi) is 5.85. The summed E-state index contributed by atoms with van der Waals surface area (Å²) in [4.78, 5) is 34.7. The summed E-state index contributed by atoms with van der Waals surface area (Å²) in [6.07, 6.45) is 4.72. The van der Waals surface area contributed by atoms with Crippen molar-refractivity contribution in [2.24, 2.45) is 0 Å². The van der Waals surface area contributed by atoms with Crippen molar-refractivity contribution in [2.45, 2.75) is 19.3 Å². The van der Waals surface area contributed by atoms with Gasteiger partial charge in [-0.25, -0.2) is 4.98 Å².